The highest BCUT2D eigenvalue weighted by Crippen LogP contribution is 2.26. The molecular weight excluding hydrogens is 307 g/mol. The second kappa shape index (κ2) is 7.75. The third-order valence-corrected chi connectivity index (χ3v) is 4.58. The Kier molecular flexibility index (Phi) is 5.45. The zero-order chi connectivity index (χ0) is 16.9. The molecule has 0 radical (unpaired) electrons. The minimum absolute atomic E-state index is 0.254. The van der Waals surface area contributed by atoms with Gasteiger partial charge in [0.15, 0.2) is 0 Å². The monoisotopic (exact) mass is 332 g/mol. The molecule has 1 aromatic carbocycles. The second-order valence-electron chi connectivity index (χ2n) is 6.40. The minimum atomic E-state index is -0.415. The predicted molar refractivity (Wildman–Crippen MR) is 90.8 cm³/mol. The summed E-state index contributed by atoms with van der Waals surface area (Å²) in [6.07, 6.45) is 3.74. The minimum Gasteiger partial charge on any atom is -0.490 e. The van der Waals surface area contributed by atoms with Crippen LogP contribution in [0.15, 0.2) is 24.5 Å². The van der Waals surface area contributed by atoms with E-state index in [0.717, 1.165) is 44.0 Å². The number of para-hydroxylation sites is 1. The summed E-state index contributed by atoms with van der Waals surface area (Å²) in [6.45, 7) is 6.68. The van der Waals surface area contributed by atoms with E-state index in [9.17, 15) is 4.39 Å². The van der Waals surface area contributed by atoms with Gasteiger partial charge in [0.25, 0.3) is 0 Å². The lowest BCUT2D eigenvalue weighted by Crippen LogP contribution is -2.38. The van der Waals surface area contributed by atoms with E-state index in [2.05, 4.69) is 47.0 Å². The highest BCUT2D eigenvalue weighted by molar-refractivity contribution is 5.39. The summed E-state index contributed by atoms with van der Waals surface area (Å²) in [4.78, 5) is 6.59. The molecule has 1 fully saturated rings. The lowest BCUT2D eigenvalue weighted by molar-refractivity contribution is 0.0933. The van der Waals surface area contributed by atoms with E-state index in [0.29, 0.717) is 0 Å². The number of alkyl halides is 1. The van der Waals surface area contributed by atoms with Gasteiger partial charge in [-0.25, -0.2) is 14.1 Å². The molecule has 6 heteroatoms. The fourth-order valence-corrected chi connectivity index (χ4v) is 3.21. The van der Waals surface area contributed by atoms with Gasteiger partial charge in [-0.15, -0.1) is 0 Å². The van der Waals surface area contributed by atoms with Gasteiger partial charge in [-0.05, 0) is 37.8 Å². The Bertz CT molecular complexity index is 645. The summed E-state index contributed by atoms with van der Waals surface area (Å²) in [5, 5.41) is 4.08. The first-order chi connectivity index (χ1) is 11.7. The normalized spacial score (nSPS) is 16.5. The number of hydrogen-bond donors (Lipinski definition) is 0. The van der Waals surface area contributed by atoms with E-state index in [1.165, 1.54) is 17.5 Å². The van der Waals surface area contributed by atoms with Crippen molar-refractivity contribution in [3.8, 4) is 5.75 Å². The van der Waals surface area contributed by atoms with Gasteiger partial charge in [-0.3, -0.25) is 4.90 Å². The maximum absolute atomic E-state index is 12.5. The lowest BCUT2D eigenvalue weighted by Gasteiger charge is -2.32. The average molecular weight is 332 g/mol. The number of aromatic nitrogens is 3. The van der Waals surface area contributed by atoms with E-state index >= 15 is 0 Å². The third kappa shape index (κ3) is 3.93. The van der Waals surface area contributed by atoms with E-state index in [1.807, 2.05) is 0 Å². The molecule has 0 aliphatic carbocycles. The van der Waals surface area contributed by atoms with Crippen LogP contribution in [0.3, 0.4) is 0 Å². The first kappa shape index (κ1) is 16.9. The number of benzene rings is 1. The molecule has 2 heterocycles. The lowest BCUT2D eigenvalue weighted by atomic mass is 10.1. The molecule has 1 saturated heterocycles. The summed E-state index contributed by atoms with van der Waals surface area (Å²) in [7, 11) is 0. The molecule has 1 aromatic heterocycles. The second-order valence-corrected chi connectivity index (χ2v) is 6.40. The van der Waals surface area contributed by atoms with Crippen LogP contribution in [0.2, 0.25) is 0 Å². The van der Waals surface area contributed by atoms with Crippen LogP contribution in [0, 0.1) is 13.8 Å². The number of piperidine rings is 1. The highest BCUT2D eigenvalue weighted by Gasteiger charge is 2.22. The van der Waals surface area contributed by atoms with Crippen molar-refractivity contribution in [2.75, 3.05) is 19.8 Å². The summed E-state index contributed by atoms with van der Waals surface area (Å²) in [5.74, 6) is 1.86. The van der Waals surface area contributed by atoms with Crippen LogP contribution in [-0.4, -0.2) is 45.5 Å². The first-order valence-corrected chi connectivity index (χ1v) is 8.55. The zero-order valence-electron chi connectivity index (χ0n) is 14.4. The zero-order valence-corrected chi connectivity index (χ0v) is 14.4. The van der Waals surface area contributed by atoms with Crippen molar-refractivity contribution in [3.63, 3.8) is 0 Å². The summed E-state index contributed by atoms with van der Waals surface area (Å²) >= 11 is 0. The van der Waals surface area contributed by atoms with Gasteiger partial charge >= 0.3 is 0 Å². The fraction of sp³-hybridized carbons (Fsp3) is 0.556. The Labute approximate surface area is 142 Å². The van der Waals surface area contributed by atoms with Crippen molar-refractivity contribution in [3.05, 3.63) is 41.5 Å². The topological polar surface area (TPSA) is 43.2 Å². The van der Waals surface area contributed by atoms with Crippen LogP contribution in [0.1, 0.15) is 29.8 Å². The quantitative estimate of drug-likeness (QED) is 0.816. The number of halogens is 1. The molecule has 24 heavy (non-hydrogen) atoms. The van der Waals surface area contributed by atoms with E-state index in [4.69, 9.17) is 4.74 Å². The molecule has 0 N–H and O–H groups in total. The van der Waals surface area contributed by atoms with Crippen LogP contribution in [-0.2, 0) is 13.1 Å². The molecule has 1 aliphatic rings. The van der Waals surface area contributed by atoms with E-state index < -0.39 is 6.67 Å². The van der Waals surface area contributed by atoms with Gasteiger partial charge < -0.3 is 4.74 Å². The van der Waals surface area contributed by atoms with Crippen molar-refractivity contribution in [2.45, 2.75) is 45.9 Å². The summed E-state index contributed by atoms with van der Waals surface area (Å²) in [5.41, 5.74) is 2.38. The third-order valence-electron chi connectivity index (χ3n) is 4.58. The molecule has 0 unspecified atom stereocenters. The van der Waals surface area contributed by atoms with Crippen molar-refractivity contribution < 1.29 is 9.13 Å². The molecule has 1 aliphatic heterocycles. The highest BCUT2D eigenvalue weighted by atomic mass is 19.1. The number of ether oxygens (including phenoxy) is 1. The maximum Gasteiger partial charge on any atom is 0.141 e. The average Bonchev–Trinajstić information content (AvgIpc) is 3.00. The molecule has 2 aromatic rings. The van der Waals surface area contributed by atoms with Crippen molar-refractivity contribution >= 4 is 0 Å². The van der Waals surface area contributed by atoms with Crippen LogP contribution in [0.5, 0.6) is 5.75 Å². The standard InChI is InChI=1S/C18H25FN4O/c1-14-4-3-5-15(2)18(14)24-16-6-9-22(10-7-16)12-17-20-13-21-23(17)11-8-19/h3-5,13,16H,6-12H2,1-2H3. The van der Waals surface area contributed by atoms with E-state index in [1.54, 1.807) is 4.68 Å². The SMILES string of the molecule is Cc1cccc(C)c1OC1CCN(Cc2ncnn2CCF)CC1. The molecular formula is C18H25FN4O. The Morgan fingerprint density at radius 3 is 2.58 bits per heavy atom. The summed E-state index contributed by atoms with van der Waals surface area (Å²) in [6, 6.07) is 6.25. The molecule has 0 saturated carbocycles. The van der Waals surface area contributed by atoms with Gasteiger partial charge in [0, 0.05) is 13.1 Å². The molecule has 130 valence electrons. The molecule has 0 atom stereocenters. The Hall–Kier alpha value is -1.95. The number of rotatable bonds is 6. The first-order valence-electron chi connectivity index (χ1n) is 8.55. The molecule has 5 nitrogen and oxygen atoms in total. The Morgan fingerprint density at radius 1 is 1.21 bits per heavy atom. The number of likely N-dealkylation sites (tertiary alicyclic amines) is 1. The van der Waals surface area contributed by atoms with Gasteiger partial charge in [-0.2, -0.15) is 5.10 Å². The maximum atomic E-state index is 12.5. The molecule has 0 spiro atoms. The summed E-state index contributed by atoms with van der Waals surface area (Å²) < 4.78 is 20.4. The van der Waals surface area contributed by atoms with Crippen LogP contribution in [0.4, 0.5) is 4.39 Å². The van der Waals surface area contributed by atoms with Gasteiger partial charge in [-0.1, -0.05) is 18.2 Å². The molecule has 0 amide bonds. The number of hydrogen-bond acceptors (Lipinski definition) is 4. The number of aryl methyl sites for hydroxylation is 3. The Balaban J connectivity index is 1.53. The molecule has 3 rings (SSSR count). The predicted octanol–water partition coefficient (Wildman–Crippen LogP) is 2.91. The van der Waals surface area contributed by atoms with Crippen molar-refractivity contribution in [2.24, 2.45) is 0 Å². The number of nitrogens with zero attached hydrogens (tertiary/aromatic N) is 4. The fourth-order valence-electron chi connectivity index (χ4n) is 3.21. The van der Waals surface area contributed by atoms with Gasteiger partial charge in [0.2, 0.25) is 0 Å². The molecule has 0 bridgehead atoms. The van der Waals surface area contributed by atoms with Crippen LogP contribution < -0.4 is 4.74 Å². The van der Waals surface area contributed by atoms with Gasteiger partial charge in [0.05, 0.1) is 13.1 Å². The smallest absolute Gasteiger partial charge is 0.141 e. The van der Waals surface area contributed by atoms with Crippen molar-refractivity contribution in [1.82, 2.24) is 19.7 Å². The van der Waals surface area contributed by atoms with E-state index in [-0.39, 0.29) is 12.6 Å². The largest absolute Gasteiger partial charge is 0.490 e. The van der Waals surface area contributed by atoms with Crippen LogP contribution in [0.25, 0.3) is 0 Å². The van der Waals surface area contributed by atoms with Crippen LogP contribution >= 0.6 is 0 Å². The Morgan fingerprint density at radius 2 is 1.92 bits per heavy atom. The van der Waals surface area contributed by atoms with Gasteiger partial charge in [0.1, 0.15) is 30.7 Å². The van der Waals surface area contributed by atoms with Crippen molar-refractivity contribution in [1.29, 1.82) is 0 Å².